The van der Waals surface area contributed by atoms with E-state index in [0.717, 1.165) is 50.2 Å². The van der Waals surface area contributed by atoms with E-state index in [9.17, 15) is 14.3 Å². The second kappa shape index (κ2) is 13.9. The monoisotopic (exact) mass is 488 g/mol. The Balaban J connectivity index is 1.51. The molecular formula is C25H37FN6O3. The third-order valence-electron chi connectivity index (χ3n) is 6.02. The molecule has 3 rings (SSSR count). The number of hydrogen-bond acceptors (Lipinski definition) is 8. The maximum atomic E-state index is 14.3. The van der Waals surface area contributed by atoms with Gasteiger partial charge in [0.15, 0.2) is 0 Å². The fraction of sp³-hybridized carbons (Fsp3) is 0.600. The first kappa shape index (κ1) is 26.7. The summed E-state index contributed by atoms with van der Waals surface area (Å²) in [7, 11) is 1.48. The number of carboxylic acids is 1. The van der Waals surface area contributed by atoms with Crippen LogP contribution in [0.4, 0.5) is 16.0 Å². The zero-order chi connectivity index (χ0) is 25.0. The minimum absolute atomic E-state index is 0.0159. The predicted molar refractivity (Wildman–Crippen MR) is 134 cm³/mol. The van der Waals surface area contributed by atoms with Gasteiger partial charge < -0.3 is 25.4 Å². The zero-order valence-corrected chi connectivity index (χ0v) is 20.7. The van der Waals surface area contributed by atoms with E-state index < -0.39 is 18.2 Å². The number of carboxylic acid groups (broad SMARTS) is 1. The molecule has 0 saturated heterocycles. The highest BCUT2D eigenvalue weighted by Crippen LogP contribution is 2.20. The van der Waals surface area contributed by atoms with Gasteiger partial charge >= 0.3 is 5.97 Å². The topological polar surface area (TPSA) is 113 Å². The van der Waals surface area contributed by atoms with Crippen LogP contribution in [0.25, 0.3) is 0 Å². The summed E-state index contributed by atoms with van der Waals surface area (Å²) in [6.45, 7) is 4.09. The van der Waals surface area contributed by atoms with Crippen LogP contribution in [0.3, 0.4) is 0 Å². The number of aryl methyl sites for hydroxylation is 3. The molecule has 0 spiro atoms. The standard InChI is InChI=1S/C25H37FN6O3/c1-18-14-27-15-23(29-18)31-22(25(33)34)10-13-32(16-20(26)17-35-2)12-4-3-7-21-9-8-19-6-5-11-28-24(19)30-21/h8-9,14-15,20,22H,3-7,10-13,16-17H2,1-2H3,(H,28,30)(H,29,31)(H,33,34)/t20-,22-/m0/s1. The quantitative estimate of drug-likeness (QED) is 0.326. The van der Waals surface area contributed by atoms with E-state index in [4.69, 9.17) is 9.72 Å². The molecule has 3 N–H and O–H groups in total. The molecular weight excluding hydrogens is 451 g/mol. The average Bonchev–Trinajstić information content (AvgIpc) is 2.84. The number of anilines is 2. The van der Waals surface area contributed by atoms with E-state index in [1.807, 2.05) is 4.90 Å². The summed E-state index contributed by atoms with van der Waals surface area (Å²) in [5, 5.41) is 16.0. The molecule has 0 aliphatic carbocycles. The van der Waals surface area contributed by atoms with E-state index in [-0.39, 0.29) is 13.2 Å². The van der Waals surface area contributed by atoms with Crippen LogP contribution in [0.1, 0.15) is 42.6 Å². The summed E-state index contributed by atoms with van der Waals surface area (Å²) >= 11 is 0. The normalized spacial score (nSPS) is 14.7. The van der Waals surface area contributed by atoms with Crippen LogP contribution in [-0.4, -0.2) is 83.0 Å². The van der Waals surface area contributed by atoms with Gasteiger partial charge in [-0.25, -0.2) is 19.2 Å². The van der Waals surface area contributed by atoms with Gasteiger partial charge in [-0.2, -0.15) is 0 Å². The average molecular weight is 489 g/mol. The van der Waals surface area contributed by atoms with Crippen LogP contribution >= 0.6 is 0 Å². The Morgan fingerprint density at radius 3 is 2.91 bits per heavy atom. The number of carbonyl (C=O) groups is 1. The van der Waals surface area contributed by atoms with Gasteiger partial charge in [-0.3, -0.25) is 4.98 Å². The van der Waals surface area contributed by atoms with Crippen molar-refractivity contribution >= 4 is 17.6 Å². The summed E-state index contributed by atoms with van der Waals surface area (Å²) in [5.41, 5.74) is 3.03. The van der Waals surface area contributed by atoms with Crippen molar-refractivity contribution in [3.63, 3.8) is 0 Å². The molecule has 2 aromatic heterocycles. The minimum Gasteiger partial charge on any atom is -0.480 e. The van der Waals surface area contributed by atoms with Gasteiger partial charge in [0.05, 0.1) is 18.5 Å². The Hall–Kier alpha value is -2.85. The van der Waals surface area contributed by atoms with Gasteiger partial charge in [-0.1, -0.05) is 6.07 Å². The maximum absolute atomic E-state index is 14.3. The molecule has 2 atom stereocenters. The minimum atomic E-state index is -1.13. The first-order valence-electron chi connectivity index (χ1n) is 12.3. The van der Waals surface area contributed by atoms with Crippen LogP contribution in [-0.2, 0) is 22.4 Å². The molecule has 0 unspecified atom stereocenters. The van der Waals surface area contributed by atoms with Crippen LogP contribution in [0.15, 0.2) is 24.5 Å². The number of hydrogen-bond donors (Lipinski definition) is 3. The van der Waals surface area contributed by atoms with Gasteiger partial charge in [-0.05, 0) is 63.6 Å². The van der Waals surface area contributed by atoms with E-state index in [0.29, 0.717) is 31.0 Å². The summed E-state index contributed by atoms with van der Waals surface area (Å²) < 4.78 is 19.3. The Morgan fingerprint density at radius 2 is 2.14 bits per heavy atom. The van der Waals surface area contributed by atoms with Crippen molar-refractivity contribution in [3.05, 3.63) is 41.5 Å². The molecule has 9 nitrogen and oxygen atoms in total. The number of nitrogens with zero attached hydrogens (tertiary/aromatic N) is 4. The molecule has 0 aromatic carbocycles. The lowest BCUT2D eigenvalue weighted by atomic mass is 10.1. The van der Waals surface area contributed by atoms with Crippen molar-refractivity contribution in [1.82, 2.24) is 19.9 Å². The van der Waals surface area contributed by atoms with Gasteiger partial charge in [0.25, 0.3) is 0 Å². The second-order valence-corrected chi connectivity index (χ2v) is 9.02. The third kappa shape index (κ3) is 9.03. The molecule has 0 radical (unpaired) electrons. The molecule has 10 heteroatoms. The molecule has 1 aliphatic rings. The highest BCUT2D eigenvalue weighted by molar-refractivity contribution is 5.76. The first-order valence-corrected chi connectivity index (χ1v) is 12.3. The van der Waals surface area contributed by atoms with Crippen molar-refractivity contribution in [1.29, 1.82) is 0 Å². The Morgan fingerprint density at radius 1 is 1.29 bits per heavy atom. The van der Waals surface area contributed by atoms with Crippen molar-refractivity contribution in [3.8, 4) is 0 Å². The lowest BCUT2D eigenvalue weighted by Crippen LogP contribution is -2.38. The van der Waals surface area contributed by atoms with E-state index in [1.54, 1.807) is 13.1 Å². The second-order valence-electron chi connectivity index (χ2n) is 9.02. The lowest BCUT2D eigenvalue weighted by molar-refractivity contribution is -0.138. The lowest BCUT2D eigenvalue weighted by Gasteiger charge is -2.26. The van der Waals surface area contributed by atoms with Gasteiger partial charge in [0.2, 0.25) is 0 Å². The summed E-state index contributed by atoms with van der Waals surface area (Å²) in [6, 6.07) is 3.41. The number of halogens is 1. The molecule has 3 heterocycles. The summed E-state index contributed by atoms with van der Waals surface area (Å²) in [4.78, 5) is 26.9. The smallest absolute Gasteiger partial charge is 0.326 e. The molecule has 0 fully saturated rings. The maximum Gasteiger partial charge on any atom is 0.326 e. The predicted octanol–water partition coefficient (Wildman–Crippen LogP) is 3.10. The number of ether oxygens (including phenoxy) is 1. The highest BCUT2D eigenvalue weighted by atomic mass is 19.1. The number of alkyl halides is 1. The number of rotatable bonds is 15. The fourth-order valence-corrected chi connectivity index (χ4v) is 4.24. The van der Waals surface area contributed by atoms with E-state index in [1.165, 1.54) is 18.9 Å². The molecule has 2 aromatic rings. The number of methoxy groups -OCH3 is 1. The molecule has 192 valence electrons. The molecule has 0 bridgehead atoms. The molecule has 1 aliphatic heterocycles. The number of aliphatic carboxylic acids is 1. The van der Waals surface area contributed by atoms with Crippen molar-refractivity contribution in [2.75, 3.05) is 50.5 Å². The van der Waals surface area contributed by atoms with Crippen LogP contribution in [0, 0.1) is 6.92 Å². The van der Waals surface area contributed by atoms with Crippen molar-refractivity contribution in [2.45, 2.75) is 57.7 Å². The Labute approximate surface area is 206 Å². The summed E-state index contributed by atoms with van der Waals surface area (Å²) in [6.07, 6.45) is 7.12. The van der Waals surface area contributed by atoms with Gasteiger partial charge in [-0.15, -0.1) is 0 Å². The van der Waals surface area contributed by atoms with Crippen LogP contribution in [0.2, 0.25) is 0 Å². The fourth-order valence-electron chi connectivity index (χ4n) is 4.24. The van der Waals surface area contributed by atoms with E-state index in [2.05, 4.69) is 32.7 Å². The zero-order valence-electron chi connectivity index (χ0n) is 20.7. The third-order valence-corrected chi connectivity index (χ3v) is 6.02. The Kier molecular flexibility index (Phi) is 10.6. The molecule has 0 amide bonds. The molecule has 35 heavy (non-hydrogen) atoms. The van der Waals surface area contributed by atoms with E-state index >= 15 is 0 Å². The largest absolute Gasteiger partial charge is 0.480 e. The Bertz CT molecular complexity index is 947. The number of aromatic nitrogens is 3. The number of nitrogens with one attached hydrogen (secondary N) is 2. The molecule has 0 saturated carbocycles. The van der Waals surface area contributed by atoms with Crippen molar-refractivity contribution < 1.29 is 19.0 Å². The van der Waals surface area contributed by atoms with Crippen LogP contribution in [0.5, 0.6) is 0 Å². The number of pyridine rings is 1. The number of unbranched alkanes of at least 4 members (excludes halogenated alkanes) is 1. The van der Waals surface area contributed by atoms with Gasteiger partial charge in [0, 0.05) is 38.6 Å². The summed E-state index contributed by atoms with van der Waals surface area (Å²) in [5.74, 6) is 0.438. The van der Waals surface area contributed by atoms with Crippen LogP contribution < -0.4 is 10.6 Å². The first-order chi connectivity index (χ1) is 16.9. The highest BCUT2D eigenvalue weighted by Gasteiger charge is 2.21. The van der Waals surface area contributed by atoms with Gasteiger partial charge in [0.1, 0.15) is 23.8 Å². The number of fused-ring (bicyclic) bond motifs is 1. The SMILES string of the molecule is COC[C@@H](F)CN(CCCCc1ccc2c(n1)NCCC2)CC[C@H](Nc1cncc(C)n1)C(=O)O. The van der Waals surface area contributed by atoms with Crippen molar-refractivity contribution in [2.24, 2.45) is 0 Å².